The molecule has 1 N–H and O–H groups in total. The molecule has 0 aliphatic heterocycles. The van der Waals surface area contributed by atoms with Crippen LogP contribution in [0.15, 0.2) is 54.6 Å². The highest BCUT2D eigenvalue weighted by Gasteiger charge is 2.05. The number of benzene rings is 2. The number of halogens is 1. The van der Waals surface area contributed by atoms with Crippen molar-refractivity contribution in [3.8, 4) is 0 Å². The largest absolute Gasteiger partial charge is 0.369 e. The van der Waals surface area contributed by atoms with E-state index in [4.69, 9.17) is 11.6 Å². The lowest BCUT2D eigenvalue weighted by Crippen LogP contribution is -2.07. The molecule has 0 bridgehead atoms. The maximum atomic E-state index is 5.96. The van der Waals surface area contributed by atoms with Crippen LogP contribution in [-0.2, 0) is 6.42 Å². The molecule has 2 aromatic carbocycles. The Kier molecular flexibility index (Phi) is 3.79. The van der Waals surface area contributed by atoms with Gasteiger partial charge in [0.1, 0.15) is 5.82 Å². The lowest BCUT2D eigenvalue weighted by Gasteiger charge is -2.09. The molecule has 100 valence electrons. The topological polar surface area (TPSA) is 37.8 Å². The number of hydrogen-bond acceptors (Lipinski definition) is 3. The Labute approximate surface area is 122 Å². The quantitative estimate of drug-likeness (QED) is 0.737. The highest BCUT2D eigenvalue weighted by atomic mass is 35.5. The van der Waals surface area contributed by atoms with E-state index >= 15 is 0 Å². The van der Waals surface area contributed by atoms with Crippen molar-refractivity contribution in [3.05, 3.63) is 65.4 Å². The molecule has 0 aliphatic rings. The molecule has 0 spiro atoms. The molecule has 0 saturated carbocycles. The van der Waals surface area contributed by atoms with Gasteiger partial charge in [-0.1, -0.05) is 42.5 Å². The van der Waals surface area contributed by atoms with Crippen LogP contribution in [0.3, 0.4) is 0 Å². The first-order valence-corrected chi connectivity index (χ1v) is 6.91. The summed E-state index contributed by atoms with van der Waals surface area (Å²) in [6, 6.07) is 18.2. The Hall–Kier alpha value is -2.13. The van der Waals surface area contributed by atoms with Crippen LogP contribution in [0.1, 0.15) is 5.56 Å². The van der Waals surface area contributed by atoms with Gasteiger partial charge in [-0.15, -0.1) is 0 Å². The molecule has 1 heterocycles. The van der Waals surface area contributed by atoms with E-state index in [-0.39, 0.29) is 5.28 Å². The van der Waals surface area contributed by atoms with E-state index in [0.717, 1.165) is 29.7 Å². The minimum absolute atomic E-state index is 0.269. The van der Waals surface area contributed by atoms with E-state index < -0.39 is 0 Å². The second-order valence-corrected chi connectivity index (χ2v) is 4.86. The number of fused-ring (bicyclic) bond motifs is 1. The summed E-state index contributed by atoms with van der Waals surface area (Å²) in [5.74, 6) is 0.788. The minimum atomic E-state index is 0.269. The second kappa shape index (κ2) is 5.88. The Balaban J connectivity index is 1.77. The number of hydrogen-bond donors (Lipinski definition) is 1. The van der Waals surface area contributed by atoms with Crippen molar-refractivity contribution < 1.29 is 0 Å². The predicted molar refractivity (Wildman–Crippen MR) is 83.2 cm³/mol. The molecule has 4 heteroatoms. The maximum absolute atomic E-state index is 5.96. The van der Waals surface area contributed by atoms with Gasteiger partial charge in [0.25, 0.3) is 0 Å². The SMILES string of the molecule is Clc1nc(NCCc2ccccc2)c2ccccc2n1. The summed E-state index contributed by atoms with van der Waals surface area (Å²) in [7, 11) is 0. The molecule has 0 saturated heterocycles. The lowest BCUT2D eigenvalue weighted by molar-refractivity contribution is 1.01. The molecule has 0 fully saturated rings. The molecule has 3 aromatic rings. The summed E-state index contributed by atoms with van der Waals surface area (Å²) in [5, 5.41) is 4.60. The van der Waals surface area contributed by atoms with Gasteiger partial charge in [-0.25, -0.2) is 9.97 Å². The van der Waals surface area contributed by atoms with E-state index in [1.54, 1.807) is 0 Å². The molecule has 3 rings (SSSR count). The predicted octanol–water partition coefficient (Wildman–Crippen LogP) is 3.94. The molecule has 1 aromatic heterocycles. The highest BCUT2D eigenvalue weighted by molar-refractivity contribution is 6.28. The normalized spacial score (nSPS) is 10.7. The monoisotopic (exact) mass is 283 g/mol. The number of nitrogens with one attached hydrogen (secondary N) is 1. The first-order valence-electron chi connectivity index (χ1n) is 6.53. The third-order valence-corrected chi connectivity index (χ3v) is 3.29. The van der Waals surface area contributed by atoms with Gasteiger partial charge >= 0.3 is 0 Å². The van der Waals surface area contributed by atoms with Gasteiger partial charge in [-0.05, 0) is 35.7 Å². The average molecular weight is 284 g/mol. The fraction of sp³-hybridized carbons (Fsp3) is 0.125. The zero-order valence-corrected chi connectivity index (χ0v) is 11.6. The van der Waals surface area contributed by atoms with Gasteiger partial charge in [0, 0.05) is 11.9 Å². The zero-order valence-electron chi connectivity index (χ0n) is 10.9. The van der Waals surface area contributed by atoms with Crippen LogP contribution in [-0.4, -0.2) is 16.5 Å². The fourth-order valence-electron chi connectivity index (χ4n) is 2.15. The van der Waals surface area contributed by atoms with Crippen molar-refractivity contribution in [2.45, 2.75) is 6.42 Å². The summed E-state index contributed by atoms with van der Waals surface area (Å²) in [6.45, 7) is 0.807. The van der Waals surface area contributed by atoms with E-state index in [1.807, 2.05) is 42.5 Å². The number of anilines is 1. The second-order valence-electron chi connectivity index (χ2n) is 4.52. The van der Waals surface area contributed by atoms with Crippen molar-refractivity contribution >= 4 is 28.3 Å². The van der Waals surface area contributed by atoms with Crippen molar-refractivity contribution in [1.82, 2.24) is 9.97 Å². The van der Waals surface area contributed by atoms with Crippen LogP contribution >= 0.6 is 11.6 Å². The Morgan fingerprint density at radius 1 is 0.900 bits per heavy atom. The number of para-hydroxylation sites is 1. The molecule has 3 nitrogen and oxygen atoms in total. The summed E-state index contributed by atoms with van der Waals surface area (Å²) < 4.78 is 0. The summed E-state index contributed by atoms with van der Waals surface area (Å²) in [5.41, 5.74) is 2.15. The highest BCUT2D eigenvalue weighted by Crippen LogP contribution is 2.21. The van der Waals surface area contributed by atoms with E-state index in [1.165, 1.54) is 5.56 Å². The Bertz CT molecular complexity index is 713. The number of aromatic nitrogens is 2. The molecule has 0 radical (unpaired) electrons. The van der Waals surface area contributed by atoms with Crippen LogP contribution < -0.4 is 5.32 Å². The standard InChI is InChI=1S/C16H14ClN3/c17-16-19-14-9-5-4-8-13(14)15(20-16)18-11-10-12-6-2-1-3-7-12/h1-9H,10-11H2,(H,18,19,20). The fourth-order valence-corrected chi connectivity index (χ4v) is 2.33. The molecule has 0 aliphatic carbocycles. The van der Waals surface area contributed by atoms with Crippen molar-refractivity contribution in [2.75, 3.05) is 11.9 Å². The van der Waals surface area contributed by atoms with Crippen molar-refractivity contribution in [1.29, 1.82) is 0 Å². The zero-order chi connectivity index (χ0) is 13.8. The summed E-state index contributed by atoms with van der Waals surface area (Å²) in [6.07, 6.45) is 0.941. The van der Waals surface area contributed by atoms with E-state index in [9.17, 15) is 0 Å². The molecule has 0 amide bonds. The van der Waals surface area contributed by atoms with Gasteiger partial charge < -0.3 is 5.32 Å². The minimum Gasteiger partial charge on any atom is -0.369 e. The van der Waals surface area contributed by atoms with Gasteiger partial charge in [-0.2, -0.15) is 0 Å². The molecular weight excluding hydrogens is 270 g/mol. The molecule has 0 unspecified atom stereocenters. The smallest absolute Gasteiger partial charge is 0.224 e. The van der Waals surface area contributed by atoms with Crippen LogP contribution in [0.5, 0.6) is 0 Å². The maximum Gasteiger partial charge on any atom is 0.224 e. The molecular formula is C16H14ClN3. The van der Waals surface area contributed by atoms with Crippen molar-refractivity contribution in [3.63, 3.8) is 0 Å². The third kappa shape index (κ3) is 2.89. The Morgan fingerprint density at radius 3 is 2.50 bits per heavy atom. The summed E-state index contributed by atoms with van der Waals surface area (Å²) in [4.78, 5) is 8.49. The van der Waals surface area contributed by atoms with Crippen LogP contribution in [0.25, 0.3) is 10.9 Å². The van der Waals surface area contributed by atoms with E-state index in [0.29, 0.717) is 0 Å². The van der Waals surface area contributed by atoms with E-state index in [2.05, 4.69) is 27.4 Å². The molecule has 20 heavy (non-hydrogen) atoms. The molecule has 0 atom stereocenters. The average Bonchev–Trinajstić information content (AvgIpc) is 2.48. The van der Waals surface area contributed by atoms with Gasteiger partial charge in [-0.3, -0.25) is 0 Å². The Morgan fingerprint density at radius 2 is 1.65 bits per heavy atom. The van der Waals surface area contributed by atoms with Crippen LogP contribution in [0, 0.1) is 0 Å². The first kappa shape index (κ1) is 12.9. The van der Waals surface area contributed by atoms with Gasteiger partial charge in [0.15, 0.2) is 0 Å². The summed E-state index contributed by atoms with van der Waals surface area (Å²) >= 11 is 5.96. The first-order chi connectivity index (χ1) is 9.83. The lowest BCUT2D eigenvalue weighted by atomic mass is 10.1. The van der Waals surface area contributed by atoms with Crippen LogP contribution in [0.4, 0.5) is 5.82 Å². The number of rotatable bonds is 4. The van der Waals surface area contributed by atoms with Gasteiger partial charge in [0.05, 0.1) is 5.52 Å². The third-order valence-electron chi connectivity index (χ3n) is 3.12. The van der Waals surface area contributed by atoms with Crippen LogP contribution in [0.2, 0.25) is 5.28 Å². The number of nitrogens with zero attached hydrogens (tertiary/aromatic N) is 2. The van der Waals surface area contributed by atoms with Gasteiger partial charge in [0.2, 0.25) is 5.28 Å². The van der Waals surface area contributed by atoms with Crippen molar-refractivity contribution in [2.24, 2.45) is 0 Å².